The molecule has 0 radical (unpaired) electrons. The van der Waals surface area contributed by atoms with E-state index in [4.69, 9.17) is 5.73 Å². The van der Waals surface area contributed by atoms with Gasteiger partial charge < -0.3 is 10.3 Å². The van der Waals surface area contributed by atoms with Crippen molar-refractivity contribution in [1.29, 1.82) is 0 Å². The molecule has 0 saturated heterocycles. The topological polar surface area (TPSA) is 64.9 Å². The van der Waals surface area contributed by atoms with E-state index in [-0.39, 0.29) is 6.01 Å². The fourth-order valence-corrected chi connectivity index (χ4v) is 0.313. The Morgan fingerprint density at radius 2 is 2.00 bits per heavy atom. The predicted molar refractivity (Wildman–Crippen MR) is 34.8 cm³/mol. The smallest absolute Gasteiger partial charge is 0.318 e. The molecule has 2 N–H and O–H groups in total. The van der Waals surface area contributed by atoms with Crippen molar-refractivity contribution in [3.63, 3.8) is 0 Å². The van der Waals surface area contributed by atoms with Gasteiger partial charge in [0.15, 0.2) is 5.82 Å². The zero-order valence-corrected chi connectivity index (χ0v) is 5.88. The molecule has 0 saturated carbocycles. The van der Waals surface area contributed by atoms with Crippen molar-refractivity contribution in [2.75, 3.05) is 5.73 Å². The highest BCUT2D eigenvalue weighted by Crippen LogP contribution is 1.92. The van der Waals surface area contributed by atoms with Crippen molar-refractivity contribution >= 4 is 6.01 Å². The maximum Gasteiger partial charge on any atom is 0.318 e. The third-order valence-corrected chi connectivity index (χ3v) is 0.543. The molecule has 1 heterocycles. The van der Waals surface area contributed by atoms with Gasteiger partial charge in [0.25, 0.3) is 0 Å². The number of rotatable bonds is 0. The lowest BCUT2D eigenvalue weighted by Crippen LogP contribution is -1.81. The van der Waals surface area contributed by atoms with Crippen LogP contribution in [0.2, 0.25) is 0 Å². The van der Waals surface area contributed by atoms with Crippen LogP contribution >= 0.6 is 0 Å². The Labute approximate surface area is 54.1 Å². The van der Waals surface area contributed by atoms with E-state index in [1.165, 1.54) is 0 Å². The quantitative estimate of drug-likeness (QED) is 0.567. The predicted octanol–water partition coefficient (Wildman–Crippen LogP) is 0.986. The van der Waals surface area contributed by atoms with Gasteiger partial charge in [-0.2, -0.15) is 4.98 Å². The number of aromatic nitrogens is 2. The molecule has 4 nitrogen and oxygen atoms in total. The first-order chi connectivity index (χ1) is 4.29. The molecular formula is C5H11N3O. The second kappa shape index (κ2) is 3.88. The first-order valence-corrected chi connectivity index (χ1v) is 2.85. The van der Waals surface area contributed by atoms with Crippen LogP contribution in [0.25, 0.3) is 0 Å². The van der Waals surface area contributed by atoms with Crippen molar-refractivity contribution in [1.82, 2.24) is 10.1 Å². The van der Waals surface area contributed by atoms with Gasteiger partial charge in [-0.15, -0.1) is 0 Å². The van der Waals surface area contributed by atoms with E-state index in [0.29, 0.717) is 5.82 Å². The molecule has 0 bridgehead atoms. The number of nitrogens with zero attached hydrogens (tertiary/aromatic N) is 2. The molecule has 0 aromatic carbocycles. The van der Waals surface area contributed by atoms with Crippen molar-refractivity contribution < 1.29 is 4.52 Å². The Morgan fingerprint density at radius 1 is 1.44 bits per heavy atom. The lowest BCUT2D eigenvalue weighted by molar-refractivity contribution is 0.430. The van der Waals surface area contributed by atoms with E-state index < -0.39 is 0 Å². The number of hydrogen-bond acceptors (Lipinski definition) is 4. The summed E-state index contributed by atoms with van der Waals surface area (Å²) in [6, 6.07) is 0.123. The van der Waals surface area contributed by atoms with Gasteiger partial charge in [-0.05, 0) is 6.92 Å². The lowest BCUT2D eigenvalue weighted by atomic mass is 10.8. The molecule has 0 atom stereocenters. The van der Waals surface area contributed by atoms with Crippen LogP contribution < -0.4 is 5.73 Å². The highest BCUT2D eigenvalue weighted by atomic mass is 16.5. The Morgan fingerprint density at radius 3 is 2.11 bits per heavy atom. The van der Waals surface area contributed by atoms with Crippen molar-refractivity contribution in [2.45, 2.75) is 20.8 Å². The SMILES string of the molecule is CC.Cc1noc(N)n1. The summed E-state index contributed by atoms with van der Waals surface area (Å²) in [5.41, 5.74) is 5.04. The van der Waals surface area contributed by atoms with Gasteiger partial charge >= 0.3 is 6.01 Å². The lowest BCUT2D eigenvalue weighted by Gasteiger charge is -1.66. The summed E-state index contributed by atoms with van der Waals surface area (Å²) in [6.07, 6.45) is 0. The van der Waals surface area contributed by atoms with Crippen LogP contribution in [0, 0.1) is 6.92 Å². The molecule has 1 aromatic rings. The second-order valence-corrected chi connectivity index (χ2v) is 1.18. The van der Waals surface area contributed by atoms with Crippen LogP contribution in [0.1, 0.15) is 19.7 Å². The van der Waals surface area contributed by atoms with E-state index in [9.17, 15) is 0 Å². The molecule has 1 rings (SSSR count). The first kappa shape index (κ1) is 7.94. The van der Waals surface area contributed by atoms with E-state index in [2.05, 4.69) is 14.7 Å². The van der Waals surface area contributed by atoms with Crippen LogP contribution in [0.5, 0.6) is 0 Å². The molecule has 1 aromatic heterocycles. The second-order valence-electron chi connectivity index (χ2n) is 1.18. The zero-order valence-electron chi connectivity index (χ0n) is 5.88. The minimum atomic E-state index is 0.123. The molecule has 0 amide bonds. The largest absolute Gasteiger partial charge is 0.351 e. The number of hydrogen-bond donors (Lipinski definition) is 1. The number of anilines is 1. The van der Waals surface area contributed by atoms with Crippen LogP contribution in [0.4, 0.5) is 6.01 Å². The molecular weight excluding hydrogens is 118 g/mol. The number of aryl methyl sites for hydroxylation is 1. The third kappa shape index (κ3) is 2.69. The van der Waals surface area contributed by atoms with E-state index in [1.807, 2.05) is 13.8 Å². The van der Waals surface area contributed by atoms with Gasteiger partial charge in [-0.1, -0.05) is 19.0 Å². The average Bonchev–Trinajstić information content (AvgIpc) is 2.20. The van der Waals surface area contributed by atoms with Crippen LogP contribution in [0.3, 0.4) is 0 Å². The van der Waals surface area contributed by atoms with Gasteiger partial charge in [0.05, 0.1) is 0 Å². The Balaban J connectivity index is 0.000000291. The normalized spacial score (nSPS) is 7.89. The summed E-state index contributed by atoms with van der Waals surface area (Å²) in [6.45, 7) is 5.71. The molecule has 0 spiro atoms. The van der Waals surface area contributed by atoms with E-state index in [1.54, 1.807) is 6.92 Å². The fourth-order valence-electron chi connectivity index (χ4n) is 0.313. The Kier molecular flexibility index (Phi) is 3.43. The number of nitrogen functional groups attached to an aromatic ring is 1. The van der Waals surface area contributed by atoms with Crippen LogP contribution in [-0.2, 0) is 0 Å². The van der Waals surface area contributed by atoms with Gasteiger partial charge in [-0.3, -0.25) is 0 Å². The molecule has 0 aliphatic carbocycles. The summed E-state index contributed by atoms with van der Waals surface area (Å²) < 4.78 is 4.38. The Bertz CT molecular complexity index is 144. The summed E-state index contributed by atoms with van der Waals surface area (Å²) in [4.78, 5) is 3.61. The summed E-state index contributed by atoms with van der Waals surface area (Å²) in [5, 5.41) is 3.41. The van der Waals surface area contributed by atoms with Crippen molar-refractivity contribution in [3.8, 4) is 0 Å². The number of nitrogens with two attached hydrogens (primary N) is 1. The molecule has 0 aliphatic rings. The highest BCUT2D eigenvalue weighted by Gasteiger charge is 1.90. The molecule has 0 aliphatic heterocycles. The van der Waals surface area contributed by atoms with Gasteiger partial charge in [0, 0.05) is 0 Å². The van der Waals surface area contributed by atoms with Gasteiger partial charge in [0.2, 0.25) is 0 Å². The summed E-state index contributed by atoms with van der Waals surface area (Å²) in [5.74, 6) is 0.567. The molecule has 0 unspecified atom stereocenters. The van der Waals surface area contributed by atoms with E-state index >= 15 is 0 Å². The Hall–Kier alpha value is -1.06. The molecule has 4 heteroatoms. The fraction of sp³-hybridized carbons (Fsp3) is 0.600. The van der Waals surface area contributed by atoms with Gasteiger partial charge in [0.1, 0.15) is 0 Å². The van der Waals surface area contributed by atoms with Crippen LogP contribution in [0.15, 0.2) is 4.52 Å². The summed E-state index contributed by atoms with van der Waals surface area (Å²) in [7, 11) is 0. The maximum atomic E-state index is 5.04. The monoisotopic (exact) mass is 129 g/mol. The molecule has 9 heavy (non-hydrogen) atoms. The van der Waals surface area contributed by atoms with Crippen molar-refractivity contribution in [2.24, 2.45) is 0 Å². The summed E-state index contributed by atoms with van der Waals surface area (Å²) >= 11 is 0. The molecule has 52 valence electrons. The van der Waals surface area contributed by atoms with E-state index in [0.717, 1.165) is 0 Å². The zero-order chi connectivity index (χ0) is 7.28. The standard InChI is InChI=1S/C3H5N3O.C2H6/c1-2-5-3(4)7-6-2;1-2/h1H3,(H2,4,5,6);1-2H3. The average molecular weight is 129 g/mol. The molecule has 0 fully saturated rings. The third-order valence-electron chi connectivity index (χ3n) is 0.543. The highest BCUT2D eigenvalue weighted by molar-refractivity contribution is 5.05. The minimum Gasteiger partial charge on any atom is -0.351 e. The van der Waals surface area contributed by atoms with Crippen molar-refractivity contribution in [3.05, 3.63) is 5.82 Å². The van der Waals surface area contributed by atoms with Crippen LogP contribution in [-0.4, -0.2) is 10.1 Å². The maximum absolute atomic E-state index is 5.04. The minimum absolute atomic E-state index is 0.123. The first-order valence-electron chi connectivity index (χ1n) is 2.85. The van der Waals surface area contributed by atoms with Gasteiger partial charge in [-0.25, -0.2) is 0 Å².